The van der Waals surface area contributed by atoms with Crippen LogP contribution in [0, 0.1) is 0 Å². The zero-order valence-electron chi connectivity index (χ0n) is 14.5. The monoisotopic (exact) mass is 418 g/mol. The summed E-state index contributed by atoms with van der Waals surface area (Å²) in [5.74, 6) is -0.635. The number of carbonyl (C=O) groups is 1. The first-order valence-corrected chi connectivity index (χ1v) is 9.78. The summed E-state index contributed by atoms with van der Waals surface area (Å²) in [6.07, 6.45) is -2.73. The average Bonchev–Trinajstić information content (AvgIpc) is 3.30. The van der Waals surface area contributed by atoms with E-state index in [1.165, 1.54) is 6.26 Å². The topological polar surface area (TPSA) is 88.9 Å². The second kappa shape index (κ2) is 7.84. The van der Waals surface area contributed by atoms with Crippen molar-refractivity contribution in [2.45, 2.75) is 36.7 Å². The van der Waals surface area contributed by atoms with Crippen molar-refractivity contribution in [1.29, 1.82) is 0 Å². The fraction of sp³-hybridized carbons (Fsp3) is 0.353. The fourth-order valence-corrected chi connectivity index (χ4v) is 4.65. The van der Waals surface area contributed by atoms with Crippen molar-refractivity contribution in [3.05, 3.63) is 48.4 Å². The van der Waals surface area contributed by atoms with Crippen LogP contribution in [0.4, 0.5) is 13.2 Å². The average molecular weight is 418 g/mol. The SMILES string of the molecule is O=C(NCc1ccco1)C1CCCN1S(=O)(=O)c1cccc(OC(F)(F)F)c1. The van der Waals surface area contributed by atoms with E-state index in [4.69, 9.17) is 4.42 Å². The molecule has 1 aromatic carbocycles. The Balaban J connectivity index is 1.76. The number of amides is 1. The molecule has 1 aliphatic rings. The van der Waals surface area contributed by atoms with Crippen LogP contribution in [-0.4, -0.2) is 37.6 Å². The molecule has 152 valence electrons. The number of sulfonamides is 1. The van der Waals surface area contributed by atoms with Crippen molar-refractivity contribution in [3.63, 3.8) is 0 Å². The molecule has 0 saturated carbocycles. The van der Waals surface area contributed by atoms with Gasteiger partial charge in [-0.05, 0) is 37.1 Å². The maximum absolute atomic E-state index is 12.9. The van der Waals surface area contributed by atoms with Crippen LogP contribution in [0.25, 0.3) is 0 Å². The predicted octanol–water partition coefficient (Wildman–Crippen LogP) is 2.65. The normalized spacial score (nSPS) is 18.2. The zero-order valence-corrected chi connectivity index (χ0v) is 15.3. The van der Waals surface area contributed by atoms with Crippen LogP contribution in [0.2, 0.25) is 0 Å². The standard InChI is InChI=1S/C17H17F3N2O5S/c18-17(19,20)27-12-4-1-6-14(10-12)28(24,25)22-8-2-7-15(22)16(23)21-11-13-5-3-9-26-13/h1,3-6,9-10,15H,2,7-8,11H2,(H,21,23). The van der Waals surface area contributed by atoms with Crippen molar-refractivity contribution < 1.29 is 35.5 Å². The number of furan rings is 1. The number of halogens is 3. The molecule has 11 heteroatoms. The van der Waals surface area contributed by atoms with E-state index in [9.17, 15) is 26.4 Å². The van der Waals surface area contributed by atoms with Gasteiger partial charge in [0.05, 0.1) is 17.7 Å². The lowest BCUT2D eigenvalue weighted by molar-refractivity contribution is -0.274. The van der Waals surface area contributed by atoms with Gasteiger partial charge in [0.15, 0.2) is 0 Å². The molecule has 0 aliphatic carbocycles. The first kappa shape index (κ1) is 20.2. The van der Waals surface area contributed by atoms with Gasteiger partial charge in [-0.1, -0.05) is 6.07 Å². The van der Waals surface area contributed by atoms with E-state index in [0.29, 0.717) is 18.6 Å². The van der Waals surface area contributed by atoms with Crippen molar-refractivity contribution in [2.75, 3.05) is 6.54 Å². The number of ether oxygens (including phenoxy) is 1. The molecule has 1 aliphatic heterocycles. The van der Waals surface area contributed by atoms with Gasteiger partial charge in [-0.2, -0.15) is 4.31 Å². The van der Waals surface area contributed by atoms with E-state index in [0.717, 1.165) is 28.6 Å². The minimum absolute atomic E-state index is 0.0888. The van der Waals surface area contributed by atoms with Gasteiger partial charge in [0, 0.05) is 12.6 Å². The molecular formula is C17H17F3N2O5S. The fourth-order valence-electron chi connectivity index (χ4n) is 2.96. The van der Waals surface area contributed by atoms with E-state index in [1.54, 1.807) is 12.1 Å². The Bertz CT molecular complexity index is 929. The molecule has 3 rings (SSSR count). The van der Waals surface area contributed by atoms with Crippen LogP contribution in [-0.2, 0) is 21.4 Å². The van der Waals surface area contributed by atoms with Gasteiger partial charge in [0.2, 0.25) is 15.9 Å². The maximum Gasteiger partial charge on any atom is 0.573 e. The molecule has 0 bridgehead atoms. The number of hydrogen-bond acceptors (Lipinski definition) is 5. The number of nitrogens with one attached hydrogen (secondary N) is 1. The third-order valence-electron chi connectivity index (χ3n) is 4.17. The highest BCUT2D eigenvalue weighted by atomic mass is 32.2. The van der Waals surface area contributed by atoms with Gasteiger partial charge in [-0.3, -0.25) is 4.79 Å². The number of alkyl halides is 3. The quantitative estimate of drug-likeness (QED) is 0.779. The van der Waals surface area contributed by atoms with Crippen LogP contribution in [0.3, 0.4) is 0 Å². The molecule has 2 heterocycles. The molecule has 1 unspecified atom stereocenters. The molecule has 1 saturated heterocycles. The second-order valence-corrected chi connectivity index (χ2v) is 7.98. The van der Waals surface area contributed by atoms with Crippen molar-refractivity contribution >= 4 is 15.9 Å². The molecule has 1 amide bonds. The number of carbonyl (C=O) groups excluding carboxylic acids is 1. The van der Waals surface area contributed by atoms with Gasteiger partial charge in [0.25, 0.3) is 0 Å². The Hall–Kier alpha value is -2.53. The third-order valence-corrected chi connectivity index (χ3v) is 6.07. The molecule has 0 radical (unpaired) electrons. The highest BCUT2D eigenvalue weighted by Gasteiger charge is 2.40. The van der Waals surface area contributed by atoms with E-state index in [2.05, 4.69) is 10.1 Å². The van der Waals surface area contributed by atoms with Gasteiger partial charge >= 0.3 is 6.36 Å². The lowest BCUT2D eigenvalue weighted by Gasteiger charge is -2.23. The molecule has 1 fully saturated rings. The van der Waals surface area contributed by atoms with Crippen molar-refractivity contribution in [2.24, 2.45) is 0 Å². The lowest BCUT2D eigenvalue weighted by atomic mass is 10.2. The van der Waals surface area contributed by atoms with Crippen LogP contribution in [0.1, 0.15) is 18.6 Å². The Morgan fingerprint density at radius 3 is 2.75 bits per heavy atom. The first-order chi connectivity index (χ1) is 13.2. The van der Waals surface area contributed by atoms with E-state index >= 15 is 0 Å². The molecule has 1 atom stereocenters. The molecular weight excluding hydrogens is 401 g/mol. The van der Waals surface area contributed by atoms with Crippen LogP contribution < -0.4 is 10.1 Å². The molecule has 1 N–H and O–H groups in total. The number of rotatable bonds is 6. The third kappa shape index (κ3) is 4.65. The van der Waals surface area contributed by atoms with Gasteiger partial charge in [0.1, 0.15) is 17.6 Å². The van der Waals surface area contributed by atoms with Crippen molar-refractivity contribution in [1.82, 2.24) is 9.62 Å². The van der Waals surface area contributed by atoms with Gasteiger partial charge in [-0.15, -0.1) is 13.2 Å². The summed E-state index contributed by atoms with van der Waals surface area (Å²) in [7, 11) is -4.18. The Labute approximate surface area is 159 Å². The van der Waals surface area contributed by atoms with E-state index < -0.39 is 34.1 Å². The molecule has 2 aromatic rings. The Morgan fingerprint density at radius 2 is 2.07 bits per heavy atom. The predicted molar refractivity (Wildman–Crippen MR) is 90.6 cm³/mol. The largest absolute Gasteiger partial charge is 0.573 e. The maximum atomic E-state index is 12.9. The highest BCUT2D eigenvalue weighted by Crippen LogP contribution is 2.30. The van der Waals surface area contributed by atoms with Crippen LogP contribution in [0.15, 0.2) is 52.0 Å². The molecule has 28 heavy (non-hydrogen) atoms. The van der Waals surface area contributed by atoms with Crippen LogP contribution in [0.5, 0.6) is 5.75 Å². The smallest absolute Gasteiger partial charge is 0.467 e. The summed E-state index contributed by atoms with van der Waals surface area (Å²) >= 11 is 0. The second-order valence-electron chi connectivity index (χ2n) is 6.09. The number of hydrogen-bond donors (Lipinski definition) is 1. The molecule has 1 aromatic heterocycles. The molecule has 7 nitrogen and oxygen atoms in total. The Kier molecular flexibility index (Phi) is 5.66. The lowest BCUT2D eigenvalue weighted by Crippen LogP contribution is -2.45. The van der Waals surface area contributed by atoms with E-state index in [-0.39, 0.29) is 18.0 Å². The number of benzene rings is 1. The van der Waals surface area contributed by atoms with E-state index in [1.807, 2.05) is 0 Å². The zero-order chi connectivity index (χ0) is 20.4. The minimum atomic E-state index is -4.94. The summed E-state index contributed by atoms with van der Waals surface area (Å²) in [5, 5.41) is 2.61. The van der Waals surface area contributed by atoms with Gasteiger partial charge in [-0.25, -0.2) is 8.42 Å². The molecule has 0 spiro atoms. The van der Waals surface area contributed by atoms with Gasteiger partial charge < -0.3 is 14.5 Å². The minimum Gasteiger partial charge on any atom is -0.467 e. The van der Waals surface area contributed by atoms with Crippen molar-refractivity contribution in [3.8, 4) is 5.75 Å². The summed E-state index contributed by atoms with van der Waals surface area (Å²) in [6.45, 7) is 0.191. The number of nitrogens with zero attached hydrogens (tertiary/aromatic N) is 1. The Morgan fingerprint density at radius 1 is 1.29 bits per heavy atom. The van der Waals surface area contributed by atoms with Crippen LogP contribution >= 0.6 is 0 Å². The summed E-state index contributed by atoms with van der Waals surface area (Å²) in [5.41, 5.74) is 0. The first-order valence-electron chi connectivity index (χ1n) is 8.34. The highest BCUT2D eigenvalue weighted by molar-refractivity contribution is 7.89. The summed E-state index contributed by atoms with van der Waals surface area (Å²) < 4.78 is 72.9. The summed E-state index contributed by atoms with van der Waals surface area (Å²) in [6, 6.07) is 6.47. The summed E-state index contributed by atoms with van der Waals surface area (Å²) in [4.78, 5) is 12.1.